The first-order valence-corrected chi connectivity index (χ1v) is 26.3. The van der Waals surface area contributed by atoms with Crippen LogP contribution >= 0.6 is 0 Å². The number of methoxy groups -OCH3 is 1. The number of ketones is 2. The molecular weight excluding hydrogens is 973 g/mol. The molecule has 2 aliphatic carbocycles. The number of aliphatic hydroxyl groups is 1. The van der Waals surface area contributed by atoms with Gasteiger partial charge in [0.15, 0.2) is 11.5 Å². The Kier molecular flexibility index (Phi) is 14.9. The van der Waals surface area contributed by atoms with Crippen LogP contribution in [-0.2, 0) is 32.1 Å². The van der Waals surface area contributed by atoms with E-state index < -0.39 is 23.5 Å². The first-order valence-electron chi connectivity index (χ1n) is 26.3. The number of dihydropyridines is 1. The number of carbonyl (C=O) groups excluding carboxylic acids is 3. The highest BCUT2D eigenvalue weighted by Crippen LogP contribution is 2.52. The number of aromatic nitrogens is 2. The molecule has 4 aromatic carbocycles. The molecule has 4 aliphatic rings. The normalized spacial score (nSPS) is 22.4. The lowest BCUT2D eigenvalue weighted by Gasteiger charge is -2.43. The van der Waals surface area contributed by atoms with Crippen LogP contribution in [0.2, 0.25) is 0 Å². The third-order valence-corrected chi connectivity index (χ3v) is 15.8. The second-order valence-corrected chi connectivity index (χ2v) is 20.7. The third kappa shape index (κ3) is 10.7. The first-order chi connectivity index (χ1) is 37.2. The number of carbonyl (C=O) groups is 3. The van der Waals surface area contributed by atoms with E-state index in [1.807, 2.05) is 53.5 Å². The number of phenolic OH excluding ortho intramolecular Hbond substituents is 3. The van der Waals surface area contributed by atoms with E-state index in [1.54, 1.807) is 31.2 Å². The van der Waals surface area contributed by atoms with E-state index in [4.69, 9.17) is 14.2 Å². The highest BCUT2D eigenvalue weighted by atomic mass is 16.5. The molecule has 4 heterocycles. The van der Waals surface area contributed by atoms with Gasteiger partial charge in [0.1, 0.15) is 40.7 Å². The maximum Gasteiger partial charge on any atom is 0.302 e. The number of esters is 1. The van der Waals surface area contributed by atoms with Crippen molar-refractivity contribution in [1.29, 1.82) is 0 Å². The molecule has 14 nitrogen and oxygen atoms in total. The van der Waals surface area contributed by atoms with Crippen LogP contribution < -0.4 is 19.7 Å². The molecule has 0 amide bonds. The molecule has 396 valence electrons. The average molecular weight is 1040 g/mol. The van der Waals surface area contributed by atoms with Crippen molar-refractivity contribution in [2.45, 2.75) is 96.3 Å². The molecule has 10 rings (SSSR count). The van der Waals surface area contributed by atoms with Gasteiger partial charge in [-0.2, -0.15) is 0 Å². The Balaban J connectivity index is 1.19. The zero-order valence-electron chi connectivity index (χ0n) is 43.7. The van der Waals surface area contributed by atoms with Gasteiger partial charge in [-0.15, -0.1) is 0 Å². The number of aromatic amines is 1. The van der Waals surface area contributed by atoms with Crippen molar-refractivity contribution in [3.05, 3.63) is 173 Å². The molecule has 6 bridgehead atoms. The Morgan fingerprint density at radius 1 is 0.935 bits per heavy atom. The van der Waals surface area contributed by atoms with Crippen LogP contribution in [0.15, 0.2) is 145 Å². The number of allylic oxidation sites excluding steroid dienone is 6. The SMILES string of the molecule is COc1cc(C2CC(=O)CC(OC(C)=O)CCC34Cc5c[nH]cc5C(C#CCC3=CC=CC4C)C(c3cccc(O)c3)C3=CCNC(=C3)N(CCC(C)=O)c3ccc(CO)c4cn2cc34)cc(O)c1Oc1cccc(O)c1. The van der Waals surface area contributed by atoms with Gasteiger partial charge < -0.3 is 54.4 Å². The number of aromatic hydroxyl groups is 3. The summed E-state index contributed by atoms with van der Waals surface area (Å²) in [5.41, 5.74) is 6.49. The predicted molar refractivity (Wildman–Crippen MR) is 294 cm³/mol. The number of H-pyrrole nitrogens is 1. The first kappa shape index (κ1) is 52.0. The largest absolute Gasteiger partial charge is 0.508 e. The molecule has 6 N–H and O–H groups in total. The number of rotatable bonds is 10. The van der Waals surface area contributed by atoms with Gasteiger partial charge in [0.25, 0.3) is 0 Å². The topological polar surface area (TPSA) is 196 Å². The van der Waals surface area contributed by atoms with Crippen LogP contribution in [0.5, 0.6) is 34.5 Å². The van der Waals surface area contributed by atoms with Gasteiger partial charge >= 0.3 is 5.97 Å². The minimum absolute atomic E-state index is 0.000258. The summed E-state index contributed by atoms with van der Waals surface area (Å²) in [5.74, 6) is 6.97. The Hall–Kier alpha value is -8.41. The standard InChI is InChI=1S/C63H64N4O10/c1-38-9-5-11-46-12-7-16-52-53-34-64-33-45(53)32-63(38,46)22-19-51(76-40(3)70)30-49(73)31-57(44-26-58(74)62(59(27-44)75-4)77-50-15-8-14-48(72)29-50)66-35-54-43(37-68)17-18-56(55(54)36-66)67(24-21-39(2)69)60-28-42(20-23-65-60)61(52)41-10-6-13-47(71)25-41/h5-6,8-11,13-15,17-18,20,25-29,33-36,38,51-52,57,61,64-65,68,71-72,74H,12,19,21-24,30-32,37H2,1-4H3. The second kappa shape index (κ2) is 22.0. The number of Topliss-reactive ketones (excluding diaryl/α,β-unsaturated/α-hetero) is 2. The molecule has 1 spiro atoms. The lowest BCUT2D eigenvalue weighted by atomic mass is 9.61. The molecule has 6 unspecified atom stereocenters. The van der Waals surface area contributed by atoms with Crippen molar-refractivity contribution in [3.63, 3.8) is 0 Å². The molecule has 77 heavy (non-hydrogen) atoms. The summed E-state index contributed by atoms with van der Waals surface area (Å²) >= 11 is 0. The van der Waals surface area contributed by atoms with Gasteiger partial charge in [-0.1, -0.05) is 72.9 Å². The van der Waals surface area contributed by atoms with Gasteiger partial charge in [-0.3, -0.25) is 14.4 Å². The molecule has 2 aliphatic heterocycles. The zero-order chi connectivity index (χ0) is 54.0. The number of hydrogen-bond donors (Lipinski definition) is 6. The number of fused-ring (bicyclic) bond motifs is 2. The Morgan fingerprint density at radius 3 is 2.51 bits per heavy atom. The van der Waals surface area contributed by atoms with E-state index in [0.717, 1.165) is 44.7 Å². The smallest absolute Gasteiger partial charge is 0.302 e. The monoisotopic (exact) mass is 1040 g/mol. The van der Waals surface area contributed by atoms with Crippen molar-refractivity contribution < 1.29 is 49.0 Å². The summed E-state index contributed by atoms with van der Waals surface area (Å²) in [6, 6.07) is 19.8. The number of anilines is 1. The van der Waals surface area contributed by atoms with Gasteiger partial charge in [0, 0.05) is 98.7 Å². The van der Waals surface area contributed by atoms with Crippen molar-refractivity contribution in [3.8, 4) is 46.3 Å². The molecule has 6 aromatic rings. The molecule has 0 saturated carbocycles. The summed E-state index contributed by atoms with van der Waals surface area (Å²) < 4.78 is 19.9. The minimum Gasteiger partial charge on any atom is -0.508 e. The molecule has 2 aromatic heterocycles. The molecule has 6 atom stereocenters. The molecule has 0 saturated heterocycles. The Labute approximate surface area is 448 Å². The summed E-state index contributed by atoms with van der Waals surface area (Å²) in [6.45, 7) is 5.57. The Bertz CT molecular complexity index is 3460. The van der Waals surface area contributed by atoms with E-state index in [0.29, 0.717) is 48.7 Å². The van der Waals surface area contributed by atoms with Crippen LogP contribution in [0.25, 0.3) is 10.8 Å². The van der Waals surface area contributed by atoms with E-state index in [1.165, 1.54) is 32.2 Å². The van der Waals surface area contributed by atoms with Crippen molar-refractivity contribution in [2.75, 3.05) is 25.1 Å². The van der Waals surface area contributed by atoms with Crippen LogP contribution in [-0.4, -0.2) is 73.8 Å². The maximum atomic E-state index is 15.0. The highest BCUT2D eigenvalue weighted by Gasteiger charge is 2.43. The zero-order valence-corrected chi connectivity index (χ0v) is 43.7. The maximum absolute atomic E-state index is 15.0. The van der Waals surface area contributed by atoms with Crippen LogP contribution in [0, 0.1) is 23.2 Å². The number of nitrogens with zero attached hydrogens (tertiary/aromatic N) is 2. The van der Waals surface area contributed by atoms with Crippen molar-refractivity contribution in [1.82, 2.24) is 14.9 Å². The average Bonchev–Trinajstić information content (AvgIpc) is 4.08. The summed E-state index contributed by atoms with van der Waals surface area (Å²) in [4.78, 5) is 46.5. The minimum atomic E-state index is -0.795. The van der Waals surface area contributed by atoms with E-state index in [-0.39, 0.29) is 96.2 Å². The lowest BCUT2D eigenvalue weighted by molar-refractivity contribution is -0.148. The number of benzene rings is 4. The van der Waals surface area contributed by atoms with Gasteiger partial charge in [-0.05, 0) is 114 Å². The number of hydrogen-bond acceptors (Lipinski definition) is 12. The Morgan fingerprint density at radius 2 is 1.74 bits per heavy atom. The number of ether oxygens (including phenoxy) is 3. The summed E-state index contributed by atoms with van der Waals surface area (Å²) in [6.07, 6.45) is 20.0. The third-order valence-electron chi connectivity index (χ3n) is 15.8. The van der Waals surface area contributed by atoms with Crippen LogP contribution in [0.4, 0.5) is 5.69 Å². The fraction of sp³-hybridized carbons (Fsp3) is 0.317. The molecule has 0 fully saturated rings. The second-order valence-electron chi connectivity index (χ2n) is 20.7. The van der Waals surface area contributed by atoms with Crippen molar-refractivity contribution in [2.24, 2.45) is 11.3 Å². The van der Waals surface area contributed by atoms with Crippen LogP contribution in [0.1, 0.15) is 105 Å². The molecular formula is C63H64N4O10. The fourth-order valence-corrected chi connectivity index (χ4v) is 12.0. The van der Waals surface area contributed by atoms with Crippen LogP contribution in [0.3, 0.4) is 0 Å². The number of aliphatic hydroxyl groups excluding tert-OH is 1. The van der Waals surface area contributed by atoms with E-state index in [2.05, 4.69) is 70.5 Å². The number of phenols is 3. The van der Waals surface area contributed by atoms with Gasteiger partial charge in [0.05, 0.1) is 31.4 Å². The quantitative estimate of drug-likeness (QED) is 0.0562. The van der Waals surface area contributed by atoms with Gasteiger partial charge in [-0.25, -0.2) is 0 Å². The summed E-state index contributed by atoms with van der Waals surface area (Å²) in [5, 5.41) is 49.1. The predicted octanol–water partition coefficient (Wildman–Crippen LogP) is 10.8. The summed E-state index contributed by atoms with van der Waals surface area (Å²) in [7, 11) is 1.45. The lowest BCUT2D eigenvalue weighted by Crippen LogP contribution is -2.36. The molecule has 0 radical (unpaired) electrons. The van der Waals surface area contributed by atoms with E-state index in [9.17, 15) is 30.0 Å². The number of nitrogens with one attached hydrogen (secondary N) is 2. The highest BCUT2D eigenvalue weighted by molar-refractivity contribution is 5.97. The van der Waals surface area contributed by atoms with E-state index >= 15 is 4.79 Å². The van der Waals surface area contributed by atoms with Gasteiger partial charge in [0.2, 0.25) is 5.75 Å². The van der Waals surface area contributed by atoms with Crippen molar-refractivity contribution >= 4 is 34.0 Å². The fourth-order valence-electron chi connectivity index (χ4n) is 12.0. The molecule has 14 heteroatoms.